The molecule has 0 amide bonds. The molecule has 0 radical (unpaired) electrons. The Labute approximate surface area is 104 Å². The third-order valence-corrected chi connectivity index (χ3v) is 3.81. The lowest BCUT2D eigenvalue weighted by Gasteiger charge is -2.31. The molecule has 0 bridgehead atoms. The Balaban J connectivity index is 2.02. The van der Waals surface area contributed by atoms with Crippen LogP contribution in [0.1, 0.15) is 38.3 Å². The first-order valence-electron chi connectivity index (χ1n) is 6.59. The van der Waals surface area contributed by atoms with Crippen LogP contribution in [0.15, 0.2) is 18.3 Å². The summed E-state index contributed by atoms with van der Waals surface area (Å²) in [5.41, 5.74) is 1.25. The molecule has 1 unspecified atom stereocenters. The molecular weight excluding hydrogens is 210 g/mol. The average molecular weight is 233 g/mol. The molecule has 1 aromatic rings. The summed E-state index contributed by atoms with van der Waals surface area (Å²) in [6.07, 6.45) is 4.57. The van der Waals surface area contributed by atoms with Crippen molar-refractivity contribution in [2.45, 2.75) is 32.7 Å². The maximum Gasteiger partial charge on any atom is 0.128 e. The monoisotopic (exact) mass is 233 g/mol. The fourth-order valence-corrected chi connectivity index (χ4v) is 2.25. The Hall–Kier alpha value is -1.09. The minimum atomic E-state index is 0.373. The highest BCUT2D eigenvalue weighted by molar-refractivity contribution is 5.40. The lowest BCUT2D eigenvalue weighted by molar-refractivity contribution is 0.436. The van der Waals surface area contributed by atoms with Gasteiger partial charge in [-0.25, -0.2) is 4.98 Å². The molecule has 1 atom stereocenters. The summed E-state index contributed by atoms with van der Waals surface area (Å²) in [4.78, 5) is 6.98. The van der Waals surface area contributed by atoms with Gasteiger partial charge in [-0.05, 0) is 44.4 Å². The van der Waals surface area contributed by atoms with Crippen molar-refractivity contribution in [3.8, 4) is 0 Å². The van der Waals surface area contributed by atoms with Gasteiger partial charge in [-0.1, -0.05) is 13.0 Å². The molecule has 0 spiro atoms. The van der Waals surface area contributed by atoms with Gasteiger partial charge in [-0.15, -0.1) is 0 Å². The SMILES string of the molecule is CNC(C)c1ccc(N2CCC(C)CC2)nc1. The number of piperidine rings is 1. The normalized spacial score (nSPS) is 19.4. The molecule has 94 valence electrons. The van der Waals surface area contributed by atoms with Crippen LogP contribution in [0.3, 0.4) is 0 Å². The number of hydrogen-bond donors (Lipinski definition) is 1. The molecule has 1 saturated heterocycles. The van der Waals surface area contributed by atoms with Crippen molar-refractivity contribution in [2.75, 3.05) is 25.0 Å². The fraction of sp³-hybridized carbons (Fsp3) is 0.643. The van der Waals surface area contributed by atoms with E-state index in [0.29, 0.717) is 6.04 Å². The van der Waals surface area contributed by atoms with Crippen LogP contribution in [-0.4, -0.2) is 25.1 Å². The van der Waals surface area contributed by atoms with E-state index in [1.807, 2.05) is 13.2 Å². The predicted octanol–water partition coefficient (Wildman–Crippen LogP) is 2.60. The summed E-state index contributed by atoms with van der Waals surface area (Å²) in [6, 6.07) is 4.71. The zero-order valence-corrected chi connectivity index (χ0v) is 11.1. The van der Waals surface area contributed by atoms with E-state index in [1.165, 1.54) is 18.4 Å². The van der Waals surface area contributed by atoms with Crippen molar-refractivity contribution in [1.29, 1.82) is 0 Å². The van der Waals surface area contributed by atoms with E-state index >= 15 is 0 Å². The van der Waals surface area contributed by atoms with Gasteiger partial charge in [0.25, 0.3) is 0 Å². The van der Waals surface area contributed by atoms with E-state index in [1.54, 1.807) is 0 Å². The molecular formula is C14H23N3. The van der Waals surface area contributed by atoms with Crippen LogP contribution in [0, 0.1) is 5.92 Å². The zero-order chi connectivity index (χ0) is 12.3. The van der Waals surface area contributed by atoms with Gasteiger partial charge in [-0.3, -0.25) is 0 Å². The maximum atomic E-state index is 4.58. The van der Waals surface area contributed by atoms with Crippen molar-refractivity contribution in [3.05, 3.63) is 23.9 Å². The average Bonchev–Trinajstić information content (AvgIpc) is 2.39. The summed E-state index contributed by atoms with van der Waals surface area (Å²) in [5.74, 6) is 2.00. The molecule has 1 N–H and O–H groups in total. The summed E-state index contributed by atoms with van der Waals surface area (Å²) in [5, 5.41) is 3.23. The molecule has 1 fully saturated rings. The van der Waals surface area contributed by atoms with E-state index in [2.05, 4.69) is 41.2 Å². The lowest BCUT2D eigenvalue weighted by Crippen LogP contribution is -2.33. The number of nitrogens with zero attached hydrogens (tertiary/aromatic N) is 2. The standard InChI is InChI=1S/C14H23N3/c1-11-6-8-17(9-7-11)14-5-4-13(10-16-14)12(2)15-3/h4-5,10-12,15H,6-9H2,1-3H3. The van der Waals surface area contributed by atoms with E-state index in [0.717, 1.165) is 24.8 Å². The molecule has 2 heterocycles. The predicted molar refractivity (Wildman–Crippen MR) is 72.3 cm³/mol. The first-order valence-corrected chi connectivity index (χ1v) is 6.59. The van der Waals surface area contributed by atoms with Gasteiger partial charge in [0.2, 0.25) is 0 Å². The van der Waals surface area contributed by atoms with E-state index in [4.69, 9.17) is 0 Å². The van der Waals surface area contributed by atoms with Gasteiger partial charge in [0.1, 0.15) is 5.82 Å². The largest absolute Gasteiger partial charge is 0.357 e. The molecule has 1 aliphatic heterocycles. The lowest BCUT2D eigenvalue weighted by atomic mass is 9.99. The molecule has 0 saturated carbocycles. The van der Waals surface area contributed by atoms with E-state index in [9.17, 15) is 0 Å². The van der Waals surface area contributed by atoms with Crippen LogP contribution in [0.5, 0.6) is 0 Å². The Morgan fingerprint density at radius 3 is 2.59 bits per heavy atom. The number of pyridine rings is 1. The minimum Gasteiger partial charge on any atom is -0.357 e. The number of hydrogen-bond acceptors (Lipinski definition) is 3. The van der Waals surface area contributed by atoms with Gasteiger partial charge >= 0.3 is 0 Å². The molecule has 1 aliphatic rings. The first-order chi connectivity index (χ1) is 8.20. The highest BCUT2D eigenvalue weighted by Gasteiger charge is 2.16. The number of aromatic nitrogens is 1. The quantitative estimate of drug-likeness (QED) is 0.870. The Bertz CT molecular complexity index is 339. The van der Waals surface area contributed by atoms with Gasteiger partial charge in [-0.2, -0.15) is 0 Å². The molecule has 2 rings (SSSR count). The smallest absolute Gasteiger partial charge is 0.128 e. The highest BCUT2D eigenvalue weighted by Crippen LogP contribution is 2.22. The van der Waals surface area contributed by atoms with Gasteiger partial charge in [0, 0.05) is 25.3 Å². The van der Waals surface area contributed by atoms with Crippen LogP contribution in [0.4, 0.5) is 5.82 Å². The van der Waals surface area contributed by atoms with Crippen molar-refractivity contribution in [2.24, 2.45) is 5.92 Å². The second kappa shape index (κ2) is 5.50. The summed E-state index contributed by atoms with van der Waals surface area (Å²) in [7, 11) is 1.98. The van der Waals surface area contributed by atoms with Crippen LogP contribution >= 0.6 is 0 Å². The second-order valence-corrected chi connectivity index (χ2v) is 5.13. The third kappa shape index (κ3) is 2.97. The number of nitrogens with one attached hydrogen (secondary N) is 1. The van der Waals surface area contributed by atoms with Crippen molar-refractivity contribution < 1.29 is 0 Å². The molecule has 0 aliphatic carbocycles. The second-order valence-electron chi connectivity index (χ2n) is 5.13. The van der Waals surface area contributed by atoms with Crippen molar-refractivity contribution in [1.82, 2.24) is 10.3 Å². The van der Waals surface area contributed by atoms with E-state index < -0.39 is 0 Å². The molecule has 3 nitrogen and oxygen atoms in total. The van der Waals surface area contributed by atoms with Crippen LogP contribution in [0.25, 0.3) is 0 Å². The van der Waals surface area contributed by atoms with Crippen LogP contribution in [-0.2, 0) is 0 Å². The molecule has 1 aromatic heterocycles. The zero-order valence-electron chi connectivity index (χ0n) is 11.1. The van der Waals surface area contributed by atoms with Crippen LogP contribution in [0.2, 0.25) is 0 Å². The number of anilines is 1. The number of rotatable bonds is 3. The minimum absolute atomic E-state index is 0.373. The van der Waals surface area contributed by atoms with Gasteiger partial charge in [0.05, 0.1) is 0 Å². The Morgan fingerprint density at radius 1 is 1.35 bits per heavy atom. The maximum absolute atomic E-state index is 4.58. The van der Waals surface area contributed by atoms with Crippen LogP contribution < -0.4 is 10.2 Å². The summed E-state index contributed by atoms with van der Waals surface area (Å²) < 4.78 is 0. The summed E-state index contributed by atoms with van der Waals surface area (Å²) in [6.45, 7) is 6.78. The molecule has 17 heavy (non-hydrogen) atoms. The topological polar surface area (TPSA) is 28.2 Å². The molecule has 3 heteroatoms. The fourth-order valence-electron chi connectivity index (χ4n) is 2.25. The van der Waals surface area contributed by atoms with Gasteiger partial charge in [0.15, 0.2) is 0 Å². The Morgan fingerprint density at radius 2 is 2.06 bits per heavy atom. The van der Waals surface area contributed by atoms with Gasteiger partial charge < -0.3 is 10.2 Å². The summed E-state index contributed by atoms with van der Waals surface area (Å²) >= 11 is 0. The van der Waals surface area contributed by atoms with E-state index in [-0.39, 0.29) is 0 Å². The highest BCUT2D eigenvalue weighted by atomic mass is 15.2. The third-order valence-electron chi connectivity index (χ3n) is 3.81. The molecule has 0 aromatic carbocycles. The van der Waals surface area contributed by atoms with Crippen molar-refractivity contribution in [3.63, 3.8) is 0 Å². The van der Waals surface area contributed by atoms with Crippen molar-refractivity contribution >= 4 is 5.82 Å². The Kier molecular flexibility index (Phi) is 4.00. The first kappa shape index (κ1) is 12.4.